The fourth-order valence-corrected chi connectivity index (χ4v) is 4.19. The average Bonchev–Trinajstić information content (AvgIpc) is 3.32. The maximum Gasteiger partial charge on any atom is 0.258 e. The molecular formula is C22H23N7O3. The second-order valence-corrected chi connectivity index (χ2v) is 7.76. The molecule has 0 spiro atoms. The summed E-state index contributed by atoms with van der Waals surface area (Å²) in [5.74, 6) is 0.395. The number of nitriles is 1. The number of hydrogen-bond acceptors (Lipinski definition) is 9. The molecule has 3 N–H and O–H groups in total. The predicted molar refractivity (Wildman–Crippen MR) is 117 cm³/mol. The van der Waals surface area contributed by atoms with E-state index in [0.717, 1.165) is 16.9 Å². The molecule has 2 fully saturated rings. The van der Waals surface area contributed by atoms with Gasteiger partial charge in [-0.15, -0.1) is 0 Å². The summed E-state index contributed by atoms with van der Waals surface area (Å²) in [5, 5.41) is 19.3. The number of ether oxygens (including phenoxy) is 2. The fraction of sp³-hybridized carbons (Fsp3) is 0.364. The van der Waals surface area contributed by atoms with E-state index in [1.54, 1.807) is 6.20 Å². The van der Waals surface area contributed by atoms with Gasteiger partial charge in [-0.3, -0.25) is 10.1 Å². The first kappa shape index (κ1) is 20.4. The Kier molecular flexibility index (Phi) is 5.22. The number of nitrogens with zero attached hydrogens (tertiary/aromatic N) is 4. The SMILES string of the molecule is CCN1/C(=C(\C#N)c2nc(NC(=O)[C@H]3O[C@H]4CNC[C@@H]3O4)ncc2C)Nc2ccccc21. The molecule has 2 saturated heterocycles. The third kappa shape index (κ3) is 3.46. The maximum absolute atomic E-state index is 12.8. The van der Waals surface area contributed by atoms with Crippen LogP contribution in [0.25, 0.3) is 5.57 Å². The highest BCUT2D eigenvalue weighted by atomic mass is 16.7. The molecule has 32 heavy (non-hydrogen) atoms. The zero-order valence-electron chi connectivity index (χ0n) is 17.8. The molecule has 0 saturated carbocycles. The molecule has 1 aromatic carbocycles. The molecule has 10 nitrogen and oxygen atoms in total. The fourth-order valence-electron chi connectivity index (χ4n) is 4.19. The summed E-state index contributed by atoms with van der Waals surface area (Å²) in [6, 6.07) is 10.2. The molecule has 2 bridgehead atoms. The van der Waals surface area contributed by atoms with Gasteiger partial charge in [0.15, 0.2) is 12.4 Å². The van der Waals surface area contributed by atoms with Crippen LogP contribution in [0, 0.1) is 18.3 Å². The predicted octanol–water partition coefficient (Wildman–Crippen LogP) is 1.58. The number of benzene rings is 1. The van der Waals surface area contributed by atoms with E-state index in [2.05, 4.69) is 32.0 Å². The number of allylic oxidation sites excluding steroid dienone is 1. The molecule has 5 rings (SSSR count). The van der Waals surface area contributed by atoms with Crippen molar-refractivity contribution in [1.29, 1.82) is 5.26 Å². The minimum atomic E-state index is -0.737. The summed E-state index contributed by atoms with van der Waals surface area (Å²) < 4.78 is 11.3. The summed E-state index contributed by atoms with van der Waals surface area (Å²) in [6.45, 7) is 5.62. The summed E-state index contributed by atoms with van der Waals surface area (Å²) in [7, 11) is 0. The topological polar surface area (TPSA) is 124 Å². The van der Waals surface area contributed by atoms with Crippen molar-refractivity contribution in [3.63, 3.8) is 0 Å². The molecule has 0 unspecified atom stereocenters. The van der Waals surface area contributed by atoms with Gasteiger partial charge < -0.3 is 25.0 Å². The van der Waals surface area contributed by atoms with Crippen LogP contribution in [0.2, 0.25) is 0 Å². The number of fused-ring (bicyclic) bond motifs is 3. The second kappa shape index (κ2) is 8.20. The Hall–Kier alpha value is -3.52. The Morgan fingerprint density at radius 3 is 2.97 bits per heavy atom. The summed E-state index contributed by atoms with van der Waals surface area (Å²) in [6.07, 6.45) is 0.0812. The largest absolute Gasteiger partial charge is 0.343 e. The number of morpholine rings is 1. The average molecular weight is 433 g/mol. The number of amides is 1. The molecule has 1 aromatic heterocycles. The Labute approximate surface area is 185 Å². The quantitative estimate of drug-likeness (QED) is 0.616. The molecule has 3 aliphatic rings. The Morgan fingerprint density at radius 1 is 1.34 bits per heavy atom. The molecule has 0 aliphatic carbocycles. The lowest BCUT2D eigenvalue weighted by Gasteiger charge is -2.20. The van der Waals surface area contributed by atoms with E-state index >= 15 is 0 Å². The number of rotatable bonds is 4. The van der Waals surface area contributed by atoms with E-state index in [1.165, 1.54) is 0 Å². The lowest BCUT2D eigenvalue weighted by atomic mass is 10.1. The van der Waals surface area contributed by atoms with Gasteiger partial charge in [-0.25, -0.2) is 9.97 Å². The third-order valence-corrected chi connectivity index (χ3v) is 5.70. The zero-order valence-corrected chi connectivity index (χ0v) is 17.8. The normalized spacial score (nSPS) is 25.0. The van der Waals surface area contributed by atoms with Gasteiger partial charge in [0.2, 0.25) is 5.95 Å². The Bertz CT molecular complexity index is 1140. The summed E-state index contributed by atoms with van der Waals surface area (Å²) in [5.41, 5.74) is 3.47. The standard InChI is InChI=1S/C22H23N7O3/c1-3-29-15-7-5-4-6-14(15)26-20(29)13(8-23)18-12(2)9-25-22(27-18)28-21(30)19-16-10-24-11-17(31-16)32-19/h4-7,9,16-17,19,24,26H,3,10-11H2,1-2H3,(H,25,27,28,30)/b20-13+/t16-,17-,19-/m0/s1. The minimum Gasteiger partial charge on any atom is -0.343 e. The summed E-state index contributed by atoms with van der Waals surface area (Å²) >= 11 is 0. The van der Waals surface area contributed by atoms with E-state index in [4.69, 9.17) is 9.47 Å². The number of carbonyl (C=O) groups is 1. The first-order chi connectivity index (χ1) is 15.6. The van der Waals surface area contributed by atoms with Crippen LogP contribution in [0.15, 0.2) is 36.3 Å². The monoisotopic (exact) mass is 433 g/mol. The van der Waals surface area contributed by atoms with Crippen molar-refractivity contribution in [1.82, 2.24) is 15.3 Å². The number of para-hydroxylation sites is 2. The van der Waals surface area contributed by atoms with Crippen molar-refractivity contribution in [2.24, 2.45) is 0 Å². The van der Waals surface area contributed by atoms with Gasteiger partial charge >= 0.3 is 0 Å². The molecule has 10 heteroatoms. The van der Waals surface area contributed by atoms with Gasteiger partial charge in [-0.05, 0) is 31.5 Å². The van der Waals surface area contributed by atoms with Crippen molar-refractivity contribution in [2.75, 3.05) is 35.2 Å². The molecule has 0 radical (unpaired) electrons. The third-order valence-electron chi connectivity index (χ3n) is 5.70. The van der Waals surface area contributed by atoms with Gasteiger partial charge in [0.05, 0.1) is 17.1 Å². The van der Waals surface area contributed by atoms with Crippen LogP contribution >= 0.6 is 0 Å². The van der Waals surface area contributed by atoms with Crippen LogP contribution in [0.4, 0.5) is 17.3 Å². The molecule has 3 atom stereocenters. The molecule has 3 aliphatic heterocycles. The van der Waals surface area contributed by atoms with Crippen LogP contribution in [0.5, 0.6) is 0 Å². The highest BCUT2D eigenvalue weighted by molar-refractivity contribution is 5.94. The number of hydrogen-bond donors (Lipinski definition) is 3. The highest BCUT2D eigenvalue weighted by Crippen LogP contribution is 2.38. The number of carbonyl (C=O) groups excluding carboxylic acids is 1. The molecular weight excluding hydrogens is 410 g/mol. The minimum absolute atomic E-state index is 0.112. The first-order valence-corrected chi connectivity index (χ1v) is 10.5. The van der Waals surface area contributed by atoms with E-state index in [-0.39, 0.29) is 18.0 Å². The van der Waals surface area contributed by atoms with Gasteiger partial charge in [0.1, 0.15) is 23.6 Å². The summed E-state index contributed by atoms with van der Waals surface area (Å²) in [4.78, 5) is 23.6. The Balaban J connectivity index is 1.45. The molecule has 1 amide bonds. The van der Waals surface area contributed by atoms with E-state index in [0.29, 0.717) is 36.7 Å². The smallest absolute Gasteiger partial charge is 0.258 e. The second-order valence-electron chi connectivity index (χ2n) is 7.76. The molecule has 2 aromatic rings. The van der Waals surface area contributed by atoms with Gasteiger partial charge in [0, 0.05) is 25.8 Å². The van der Waals surface area contributed by atoms with Gasteiger partial charge in [0.25, 0.3) is 5.91 Å². The first-order valence-electron chi connectivity index (χ1n) is 10.5. The van der Waals surface area contributed by atoms with Crippen LogP contribution in [0.1, 0.15) is 18.2 Å². The van der Waals surface area contributed by atoms with Crippen molar-refractivity contribution in [2.45, 2.75) is 32.3 Å². The van der Waals surface area contributed by atoms with E-state index in [1.807, 2.05) is 43.0 Å². The zero-order chi connectivity index (χ0) is 22.2. The lowest BCUT2D eigenvalue weighted by molar-refractivity contribution is -0.127. The van der Waals surface area contributed by atoms with Crippen LogP contribution < -0.4 is 20.9 Å². The number of aromatic nitrogens is 2. The van der Waals surface area contributed by atoms with Crippen molar-refractivity contribution < 1.29 is 14.3 Å². The highest BCUT2D eigenvalue weighted by Gasteiger charge is 2.43. The van der Waals surface area contributed by atoms with Crippen LogP contribution in [-0.2, 0) is 14.3 Å². The van der Waals surface area contributed by atoms with Gasteiger partial charge in [-0.2, -0.15) is 5.26 Å². The number of aryl methyl sites for hydroxylation is 1. The molecule has 164 valence electrons. The van der Waals surface area contributed by atoms with Crippen LogP contribution in [-0.4, -0.2) is 54.0 Å². The van der Waals surface area contributed by atoms with Crippen molar-refractivity contribution in [3.05, 3.63) is 47.5 Å². The van der Waals surface area contributed by atoms with Crippen LogP contribution in [0.3, 0.4) is 0 Å². The van der Waals surface area contributed by atoms with Gasteiger partial charge in [-0.1, -0.05) is 12.1 Å². The molecule has 4 heterocycles. The Morgan fingerprint density at radius 2 is 2.19 bits per heavy atom. The van der Waals surface area contributed by atoms with E-state index in [9.17, 15) is 10.1 Å². The van der Waals surface area contributed by atoms with E-state index < -0.39 is 12.4 Å². The number of anilines is 3. The van der Waals surface area contributed by atoms with Crippen molar-refractivity contribution >= 4 is 28.8 Å². The number of nitrogens with one attached hydrogen (secondary N) is 3. The van der Waals surface area contributed by atoms with Crippen molar-refractivity contribution in [3.8, 4) is 6.07 Å². The lowest BCUT2D eigenvalue weighted by Crippen LogP contribution is -2.43. The maximum atomic E-state index is 12.8.